The molecule has 0 unspecified atom stereocenters. The highest BCUT2D eigenvalue weighted by Gasteiger charge is 2.10. The van der Waals surface area contributed by atoms with Crippen LogP contribution in [0.4, 0.5) is 5.69 Å². The smallest absolute Gasteiger partial charge is 0.265 e. The topological polar surface area (TPSA) is 97.0 Å². The number of hydrogen-bond donors (Lipinski definition) is 2. The lowest BCUT2D eigenvalue weighted by Crippen LogP contribution is -2.22. The average molecular weight is 320 g/mol. The molecule has 7 nitrogen and oxygen atoms in total. The predicted octanol–water partition coefficient (Wildman–Crippen LogP) is 1.66. The minimum absolute atomic E-state index is 0.136. The monoisotopic (exact) mass is 320 g/mol. The lowest BCUT2D eigenvalue weighted by Gasteiger charge is -2.11. The zero-order chi connectivity index (χ0) is 17.4. The van der Waals surface area contributed by atoms with Gasteiger partial charge in [0.2, 0.25) is 0 Å². The van der Waals surface area contributed by atoms with Crippen molar-refractivity contribution in [3.8, 4) is 0 Å². The number of nitrogens with zero attached hydrogens (tertiary/aromatic N) is 2. The Kier molecular flexibility index (Phi) is 7.05. The molecule has 0 aliphatic carbocycles. The number of amidine groups is 1. The maximum absolute atomic E-state index is 11.9. The van der Waals surface area contributed by atoms with Crippen LogP contribution in [0.25, 0.3) is 0 Å². The summed E-state index contributed by atoms with van der Waals surface area (Å²) in [5.41, 5.74) is 6.66. The van der Waals surface area contributed by atoms with Gasteiger partial charge in [0.1, 0.15) is 5.84 Å². The van der Waals surface area contributed by atoms with Crippen molar-refractivity contribution in [3.05, 3.63) is 29.8 Å². The molecule has 0 fully saturated rings. The number of benzene rings is 1. The van der Waals surface area contributed by atoms with Gasteiger partial charge < -0.3 is 20.8 Å². The van der Waals surface area contributed by atoms with E-state index in [1.165, 1.54) is 4.90 Å². The molecule has 0 aromatic heterocycles. The van der Waals surface area contributed by atoms with E-state index in [4.69, 9.17) is 10.6 Å². The van der Waals surface area contributed by atoms with Crippen LogP contribution in [0.1, 0.15) is 30.6 Å². The summed E-state index contributed by atoms with van der Waals surface area (Å²) in [5, 5.41) is 6.33. The van der Waals surface area contributed by atoms with Gasteiger partial charge in [-0.15, -0.1) is 0 Å². The summed E-state index contributed by atoms with van der Waals surface area (Å²) in [4.78, 5) is 30.1. The number of amides is 2. The molecule has 0 heterocycles. The van der Waals surface area contributed by atoms with Gasteiger partial charge in [-0.25, -0.2) is 0 Å². The predicted molar refractivity (Wildman–Crippen MR) is 90.1 cm³/mol. The second-order valence-corrected chi connectivity index (χ2v) is 5.78. The van der Waals surface area contributed by atoms with E-state index >= 15 is 0 Å². The summed E-state index contributed by atoms with van der Waals surface area (Å²) in [6, 6.07) is 6.69. The lowest BCUT2D eigenvalue weighted by atomic mass is 10.1. The normalized spacial score (nSPS) is 11.3. The van der Waals surface area contributed by atoms with E-state index in [2.05, 4.69) is 10.5 Å². The third-order valence-electron chi connectivity index (χ3n) is 2.79. The summed E-state index contributed by atoms with van der Waals surface area (Å²) < 4.78 is 0. The molecule has 3 N–H and O–H groups in total. The van der Waals surface area contributed by atoms with Crippen molar-refractivity contribution in [3.63, 3.8) is 0 Å². The largest absolute Gasteiger partial charge is 0.384 e. The van der Waals surface area contributed by atoms with Crippen molar-refractivity contribution < 1.29 is 14.4 Å². The first-order valence-corrected chi connectivity index (χ1v) is 7.35. The van der Waals surface area contributed by atoms with Crippen LogP contribution < -0.4 is 11.1 Å². The van der Waals surface area contributed by atoms with Crippen molar-refractivity contribution in [1.82, 2.24) is 4.90 Å². The van der Waals surface area contributed by atoms with Gasteiger partial charge in [-0.3, -0.25) is 9.59 Å². The first-order valence-electron chi connectivity index (χ1n) is 7.35. The Labute approximate surface area is 136 Å². The average Bonchev–Trinajstić information content (AvgIpc) is 2.45. The number of carbonyl (C=O) groups is 2. The van der Waals surface area contributed by atoms with Crippen molar-refractivity contribution in [2.45, 2.75) is 20.3 Å². The molecule has 1 aromatic rings. The number of hydrogen-bond acceptors (Lipinski definition) is 4. The fourth-order valence-corrected chi connectivity index (χ4v) is 1.81. The molecule has 1 aromatic carbocycles. The van der Waals surface area contributed by atoms with E-state index in [-0.39, 0.29) is 18.4 Å². The van der Waals surface area contributed by atoms with Crippen LogP contribution in [0.3, 0.4) is 0 Å². The van der Waals surface area contributed by atoms with Gasteiger partial charge in [-0.1, -0.05) is 25.1 Å². The molecule has 23 heavy (non-hydrogen) atoms. The van der Waals surface area contributed by atoms with E-state index in [0.29, 0.717) is 29.4 Å². The zero-order valence-electron chi connectivity index (χ0n) is 14.0. The quantitative estimate of drug-likeness (QED) is 0.453. The Bertz CT molecular complexity index is 582. The molecule has 2 amide bonds. The molecule has 0 saturated carbocycles. The SMILES string of the molecule is CC(C)CC(N)=NOCC(=O)Nc1cccc(C(=O)N(C)C)c1. The molecule has 0 spiro atoms. The van der Waals surface area contributed by atoms with Gasteiger partial charge in [0.05, 0.1) is 0 Å². The first kappa shape index (κ1) is 18.5. The maximum Gasteiger partial charge on any atom is 0.265 e. The minimum atomic E-state index is -0.374. The minimum Gasteiger partial charge on any atom is -0.384 e. The molecule has 7 heteroatoms. The Hall–Kier alpha value is -2.57. The molecular formula is C16H24N4O3. The van der Waals surface area contributed by atoms with Crippen LogP contribution in [0.2, 0.25) is 0 Å². The summed E-state index contributed by atoms with van der Waals surface area (Å²) in [5.74, 6) is 0.212. The molecule has 1 rings (SSSR count). The van der Waals surface area contributed by atoms with Crippen LogP contribution >= 0.6 is 0 Å². The van der Waals surface area contributed by atoms with Crippen LogP contribution in [0.15, 0.2) is 29.4 Å². The van der Waals surface area contributed by atoms with Crippen LogP contribution in [0.5, 0.6) is 0 Å². The molecule has 0 bridgehead atoms. The molecule has 0 saturated heterocycles. The van der Waals surface area contributed by atoms with E-state index in [9.17, 15) is 9.59 Å². The van der Waals surface area contributed by atoms with Gasteiger partial charge in [-0.05, 0) is 24.1 Å². The highest BCUT2D eigenvalue weighted by molar-refractivity contribution is 5.97. The maximum atomic E-state index is 11.9. The van der Waals surface area contributed by atoms with Gasteiger partial charge in [-0.2, -0.15) is 0 Å². The summed E-state index contributed by atoms with van der Waals surface area (Å²) in [6.07, 6.45) is 0.607. The van der Waals surface area contributed by atoms with Gasteiger partial charge in [0.15, 0.2) is 6.61 Å². The highest BCUT2D eigenvalue weighted by Crippen LogP contribution is 2.12. The fourth-order valence-electron chi connectivity index (χ4n) is 1.81. The second-order valence-electron chi connectivity index (χ2n) is 5.78. The van der Waals surface area contributed by atoms with Crippen molar-refractivity contribution in [2.24, 2.45) is 16.8 Å². The summed E-state index contributed by atoms with van der Waals surface area (Å²) in [7, 11) is 3.34. The highest BCUT2D eigenvalue weighted by atomic mass is 16.6. The van der Waals surface area contributed by atoms with Gasteiger partial charge >= 0.3 is 0 Å². The third-order valence-corrected chi connectivity index (χ3v) is 2.79. The second kappa shape index (κ2) is 8.77. The van der Waals surface area contributed by atoms with E-state index in [1.807, 2.05) is 13.8 Å². The number of carbonyl (C=O) groups excluding carboxylic acids is 2. The van der Waals surface area contributed by atoms with Crippen LogP contribution in [-0.2, 0) is 9.63 Å². The molecule has 0 aliphatic rings. The number of anilines is 1. The summed E-state index contributed by atoms with van der Waals surface area (Å²) >= 11 is 0. The molecule has 0 radical (unpaired) electrons. The standard InChI is InChI=1S/C16H24N4O3/c1-11(2)8-14(17)19-23-10-15(21)18-13-7-5-6-12(9-13)16(22)20(3)4/h5-7,9,11H,8,10H2,1-4H3,(H2,17,19)(H,18,21). The number of nitrogens with one attached hydrogen (secondary N) is 1. The Morgan fingerprint density at radius 3 is 2.65 bits per heavy atom. The Morgan fingerprint density at radius 1 is 1.35 bits per heavy atom. The molecular weight excluding hydrogens is 296 g/mol. The fraction of sp³-hybridized carbons (Fsp3) is 0.438. The molecule has 126 valence electrons. The number of rotatable bonds is 7. The van der Waals surface area contributed by atoms with Crippen molar-refractivity contribution >= 4 is 23.3 Å². The van der Waals surface area contributed by atoms with E-state index < -0.39 is 0 Å². The van der Waals surface area contributed by atoms with Gasteiger partial charge in [0.25, 0.3) is 11.8 Å². The van der Waals surface area contributed by atoms with Crippen molar-refractivity contribution in [1.29, 1.82) is 0 Å². The Balaban J connectivity index is 2.55. The lowest BCUT2D eigenvalue weighted by molar-refractivity contribution is -0.120. The molecule has 0 atom stereocenters. The summed E-state index contributed by atoms with van der Waals surface area (Å²) in [6.45, 7) is 3.78. The van der Waals surface area contributed by atoms with Gasteiger partial charge in [0, 0.05) is 31.8 Å². The van der Waals surface area contributed by atoms with Crippen molar-refractivity contribution in [2.75, 3.05) is 26.0 Å². The first-order chi connectivity index (χ1) is 10.8. The van der Waals surface area contributed by atoms with E-state index in [0.717, 1.165) is 0 Å². The van der Waals surface area contributed by atoms with Crippen LogP contribution in [-0.4, -0.2) is 43.3 Å². The van der Waals surface area contributed by atoms with E-state index in [1.54, 1.807) is 38.4 Å². The molecule has 0 aliphatic heterocycles. The number of nitrogens with two attached hydrogens (primary N) is 1. The van der Waals surface area contributed by atoms with Crippen LogP contribution in [0, 0.1) is 5.92 Å². The number of oxime groups is 1. The Morgan fingerprint density at radius 2 is 2.04 bits per heavy atom. The third kappa shape index (κ3) is 6.82. The zero-order valence-corrected chi connectivity index (χ0v) is 14.0.